The number of carbonyl (C=O) groups excluding carboxylic acids is 2. The zero-order valence-electron chi connectivity index (χ0n) is 28.5. The quantitative estimate of drug-likeness (QED) is 0.0653. The highest BCUT2D eigenvalue weighted by Crippen LogP contribution is 2.44. The molecule has 1 aromatic heterocycles. The van der Waals surface area contributed by atoms with Crippen molar-refractivity contribution in [2.24, 2.45) is 11.0 Å². The minimum atomic E-state index is -0.844. The Labute approximate surface area is 298 Å². The van der Waals surface area contributed by atoms with E-state index in [1.807, 2.05) is 32.0 Å². The largest absolute Gasteiger partial charge is 0.504 e. The Balaban J connectivity index is 0.000000266. The molecule has 0 fully saturated rings. The topological polar surface area (TPSA) is 174 Å². The van der Waals surface area contributed by atoms with Crippen molar-refractivity contribution in [3.05, 3.63) is 99.9 Å². The van der Waals surface area contributed by atoms with Crippen LogP contribution in [0.25, 0.3) is 31.2 Å². The molecule has 0 saturated heterocycles. The van der Waals surface area contributed by atoms with Crippen LogP contribution in [0.3, 0.4) is 0 Å². The molecule has 0 saturated carbocycles. The molecule has 2 N–H and O–H groups in total. The van der Waals surface area contributed by atoms with Crippen LogP contribution >= 0.6 is 11.3 Å². The second-order valence-electron chi connectivity index (χ2n) is 11.0. The SMILES string of the molecule is CC.COc1ccc2nc(-c3ccc(NC4c5cc6c(cc5CCC4COC=O)OCO6)cc3)sc2c1.COc1cccc(C(=O)N=[N+]=[N-])c1O. The second-order valence-corrected chi connectivity index (χ2v) is 12.1. The first-order valence-electron chi connectivity index (χ1n) is 16.2. The number of aromatic nitrogens is 1. The van der Waals surface area contributed by atoms with Gasteiger partial charge in [0.1, 0.15) is 10.8 Å². The summed E-state index contributed by atoms with van der Waals surface area (Å²) >= 11 is 1.65. The lowest BCUT2D eigenvalue weighted by molar-refractivity contribution is -0.130. The molecule has 5 aromatic rings. The number of nitrogens with one attached hydrogen (secondary N) is 1. The van der Waals surface area contributed by atoms with E-state index < -0.39 is 5.91 Å². The highest BCUT2D eigenvalue weighted by molar-refractivity contribution is 7.21. The van der Waals surface area contributed by atoms with E-state index in [1.54, 1.807) is 18.4 Å². The normalized spacial score (nSPS) is 15.1. The molecular weight excluding hydrogens is 675 g/mol. The first-order valence-corrected chi connectivity index (χ1v) is 17.0. The van der Waals surface area contributed by atoms with Crippen molar-refractivity contribution in [3.8, 4) is 39.3 Å². The van der Waals surface area contributed by atoms with Crippen LogP contribution in [0.5, 0.6) is 28.7 Å². The van der Waals surface area contributed by atoms with Crippen LogP contribution in [0.4, 0.5) is 5.69 Å². The molecule has 4 aromatic carbocycles. The molecule has 0 radical (unpaired) electrons. The first-order chi connectivity index (χ1) is 24.9. The van der Waals surface area contributed by atoms with Crippen molar-refractivity contribution >= 4 is 39.6 Å². The molecule has 2 unspecified atom stereocenters. The van der Waals surface area contributed by atoms with Gasteiger partial charge in [-0.15, -0.1) is 11.3 Å². The second kappa shape index (κ2) is 17.1. The Morgan fingerprint density at radius 2 is 1.84 bits per heavy atom. The third-order valence-corrected chi connectivity index (χ3v) is 9.31. The maximum atomic E-state index is 11.1. The molecule has 2 atom stereocenters. The summed E-state index contributed by atoms with van der Waals surface area (Å²) in [5, 5.41) is 17.0. The summed E-state index contributed by atoms with van der Waals surface area (Å²) in [5.41, 5.74) is 13.4. The molecule has 1 aliphatic heterocycles. The third-order valence-electron chi connectivity index (χ3n) is 8.24. The number of carbonyl (C=O) groups is 2. The highest BCUT2D eigenvalue weighted by atomic mass is 32.1. The zero-order chi connectivity index (χ0) is 36.3. The van der Waals surface area contributed by atoms with Gasteiger partial charge in [-0.05, 0) is 101 Å². The van der Waals surface area contributed by atoms with Gasteiger partial charge in [-0.3, -0.25) is 9.59 Å². The summed E-state index contributed by atoms with van der Waals surface area (Å²) in [4.78, 5) is 29.1. The van der Waals surface area contributed by atoms with Crippen LogP contribution in [0, 0.1) is 5.92 Å². The van der Waals surface area contributed by atoms with E-state index in [-0.39, 0.29) is 35.8 Å². The number of phenolic OH excluding ortho intramolecular Hbond substituents is 1. The number of aryl methyl sites for hydroxylation is 1. The zero-order valence-corrected chi connectivity index (χ0v) is 29.3. The minimum Gasteiger partial charge on any atom is -0.504 e. The average molecular weight is 712 g/mol. The van der Waals surface area contributed by atoms with Gasteiger partial charge in [0.25, 0.3) is 12.4 Å². The van der Waals surface area contributed by atoms with E-state index >= 15 is 0 Å². The number of hydrogen-bond donors (Lipinski definition) is 2. The monoisotopic (exact) mass is 711 g/mol. The van der Waals surface area contributed by atoms with Gasteiger partial charge < -0.3 is 34.1 Å². The molecule has 264 valence electrons. The average Bonchev–Trinajstić information content (AvgIpc) is 3.82. The predicted octanol–water partition coefficient (Wildman–Crippen LogP) is 8.47. The van der Waals surface area contributed by atoms with Gasteiger partial charge in [-0.25, -0.2) is 4.98 Å². The van der Waals surface area contributed by atoms with Crippen molar-refractivity contribution in [1.82, 2.24) is 4.98 Å². The smallest absolute Gasteiger partial charge is 0.293 e. The molecule has 51 heavy (non-hydrogen) atoms. The maximum Gasteiger partial charge on any atom is 0.293 e. The Morgan fingerprint density at radius 3 is 2.55 bits per heavy atom. The summed E-state index contributed by atoms with van der Waals surface area (Å²) in [6.45, 7) is 5.13. The van der Waals surface area contributed by atoms with E-state index in [1.165, 1.54) is 30.9 Å². The molecule has 1 amide bonds. The number of hydrogen-bond acceptors (Lipinski definition) is 11. The number of amides is 1. The summed E-state index contributed by atoms with van der Waals surface area (Å²) in [7, 11) is 3.03. The van der Waals surface area contributed by atoms with E-state index in [9.17, 15) is 14.7 Å². The van der Waals surface area contributed by atoms with E-state index in [0.29, 0.717) is 13.1 Å². The number of methoxy groups -OCH3 is 2. The number of phenols is 1. The number of fused-ring (bicyclic) bond motifs is 3. The van der Waals surface area contributed by atoms with Gasteiger partial charge in [0.15, 0.2) is 23.0 Å². The minimum absolute atomic E-state index is 0.0195. The van der Waals surface area contributed by atoms with Crippen molar-refractivity contribution in [2.45, 2.75) is 32.7 Å². The Hall–Kier alpha value is -5.98. The third kappa shape index (κ3) is 8.26. The van der Waals surface area contributed by atoms with Gasteiger partial charge in [0.2, 0.25) is 6.79 Å². The fourth-order valence-corrected chi connectivity index (χ4v) is 6.80. The van der Waals surface area contributed by atoms with Crippen molar-refractivity contribution in [2.75, 3.05) is 32.9 Å². The molecule has 7 rings (SSSR count). The molecular formula is C37H37N5O8S. The van der Waals surface area contributed by atoms with Gasteiger partial charge in [-0.1, -0.05) is 19.9 Å². The lowest BCUT2D eigenvalue weighted by atomic mass is 9.79. The van der Waals surface area contributed by atoms with Crippen LogP contribution in [-0.4, -0.2) is 50.1 Å². The molecule has 2 aliphatic rings. The van der Waals surface area contributed by atoms with Crippen LogP contribution in [0.1, 0.15) is 47.8 Å². The van der Waals surface area contributed by atoms with Crippen LogP contribution in [0.2, 0.25) is 0 Å². The van der Waals surface area contributed by atoms with Crippen molar-refractivity contribution in [3.63, 3.8) is 0 Å². The Bertz CT molecular complexity index is 2050. The van der Waals surface area contributed by atoms with Crippen LogP contribution in [0.15, 0.2) is 77.9 Å². The van der Waals surface area contributed by atoms with Crippen LogP contribution < -0.4 is 24.3 Å². The van der Waals surface area contributed by atoms with Crippen molar-refractivity contribution < 1.29 is 38.4 Å². The van der Waals surface area contributed by atoms with Gasteiger partial charge in [0, 0.05) is 22.1 Å². The van der Waals surface area contributed by atoms with Crippen molar-refractivity contribution in [1.29, 1.82) is 0 Å². The Kier molecular flexibility index (Phi) is 12.2. The molecule has 1 aliphatic carbocycles. The summed E-state index contributed by atoms with van der Waals surface area (Å²) in [6, 6.07) is 22.7. The fraction of sp³-hybridized carbons (Fsp3) is 0.270. The van der Waals surface area contributed by atoms with E-state index in [2.05, 4.69) is 51.7 Å². The van der Waals surface area contributed by atoms with Gasteiger partial charge in [-0.2, -0.15) is 0 Å². The number of para-hydroxylation sites is 1. The number of azide groups is 1. The number of nitrogens with zero attached hydrogens (tertiary/aromatic N) is 4. The van der Waals surface area contributed by atoms with Crippen LogP contribution in [-0.2, 0) is 16.0 Å². The maximum absolute atomic E-state index is 11.1. The van der Waals surface area contributed by atoms with Gasteiger partial charge in [0.05, 0.1) is 42.6 Å². The van der Waals surface area contributed by atoms with E-state index in [4.69, 9.17) is 34.2 Å². The summed E-state index contributed by atoms with van der Waals surface area (Å²) < 4.78 is 27.6. The van der Waals surface area contributed by atoms with Gasteiger partial charge >= 0.3 is 0 Å². The number of ether oxygens (including phenoxy) is 5. The number of thiazole rings is 1. The summed E-state index contributed by atoms with van der Waals surface area (Å²) in [6.07, 6.45) is 1.81. The van der Waals surface area contributed by atoms with E-state index in [0.717, 1.165) is 62.1 Å². The number of rotatable bonds is 9. The predicted molar refractivity (Wildman–Crippen MR) is 194 cm³/mol. The lowest BCUT2D eigenvalue weighted by Gasteiger charge is -2.34. The Morgan fingerprint density at radius 1 is 1.08 bits per heavy atom. The molecule has 2 heterocycles. The number of benzene rings is 4. The molecule has 14 heteroatoms. The number of aromatic hydroxyl groups is 1. The lowest BCUT2D eigenvalue weighted by Crippen LogP contribution is -2.30. The molecule has 0 spiro atoms. The highest BCUT2D eigenvalue weighted by Gasteiger charge is 2.32. The standard InChI is InChI=1S/C27H24N2O5S.C8H7N3O3.C2H6/c1-31-20-8-9-22-25(11-20)35-27(29-22)16-4-6-19(7-5-16)28-26-18(13-32-14-30)3-2-17-10-23-24(12-21(17)26)34-15-33-23;1-14-6-4-2-3-5(7(6)12)8(13)10-11-9;1-2/h4-12,14,18,26,28H,2-3,13,15H2,1H3;2-4,12H,1H3;1-2H3. The first kappa shape index (κ1) is 36.3. The molecule has 0 bridgehead atoms. The fourth-order valence-electron chi connectivity index (χ4n) is 5.80. The molecule has 13 nitrogen and oxygen atoms in total. The summed E-state index contributed by atoms with van der Waals surface area (Å²) in [5.74, 6) is 1.52. The number of anilines is 1.